The van der Waals surface area contributed by atoms with Gasteiger partial charge in [0, 0.05) is 23.6 Å². The van der Waals surface area contributed by atoms with Gasteiger partial charge >= 0.3 is 5.97 Å². The molecule has 2 aromatic rings. The summed E-state index contributed by atoms with van der Waals surface area (Å²) in [6.45, 7) is 2.96. The summed E-state index contributed by atoms with van der Waals surface area (Å²) in [6.07, 6.45) is 1.97. The summed E-state index contributed by atoms with van der Waals surface area (Å²) in [5, 5.41) is 9.78. The molecule has 0 unspecified atom stereocenters. The molecule has 0 atom stereocenters. The first-order chi connectivity index (χ1) is 6.72. The van der Waals surface area contributed by atoms with E-state index < -0.39 is 5.97 Å². The van der Waals surface area contributed by atoms with E-state index in [1.807, 2.05) is 18.3 Å². The fourth-order valence-electron chi connectivity index (χ4n) is 1.61. The van der Waals surface area contributed by atoms with Crippen LogP contribution in [0.5, 0.6) is 0 Å². The maximum absolute atomic E-state index is 10.7. The number of fused-ring (bicyclic) bond motifs is 1. The summed E-state index contributed by atoms with van der Waals surface area (Å²) < 4.78 is 2.08. The average molecular weight is 189 g/mol. The number of hydrogen-bond acceptors (Lipinski definition) is 1. The maximum Gasteiger partial charge on any atom is 0.335 e. The summed E-state index contributed by atoms with van der Waals surface area (Å²) in [5.74, 6) is -0.879. The smallest absolute Gasteiger partial charge is 0.335 e. The van der Waals surface area contributed by atoms with Crippen molar-refractivity contribution in [2.24, 2.45) is 0 Å². The number of aromatic nitrogens is 1. The van der Waals surface area contributed by atoms with Crippen molar-refractivity contribution in [3.05, 3.63) is 36.0 Å². The molecule has 14 heavy (non-hydrogen) atoms. The maximum atomic E-state index is 10.7. The van der Waals surface area contributed by atoms with E-state index in [2.05, 4.69) is 11.5 Å². The molecule has 0 aliphatic carbocycles. The zero-order valence-corrected chi connectivity index (χ0v) is 7.90. The minimum atomic E-state index is -0.879. The number of hydrogen-bond donors (Lipinski definition) is 1. The van der Waals surface area contributed by atoms with E-state index >= 15 is 0 Å². The molecule has 0 radical (unpaired) electrons. The zero-order valence-electron chi connectivity index (χ0n) is 7.90. The summed E-state index contributed by atoms with van der Waals surface area (Å²) in [7, 11) is 0. The van der Waals surface area contributed by atoms with Gasteiger partial charge in [-0.1, -0.05) is 0 Å². The van der Waals surface area contributed by atoms with Crippen LogP contribution in [-0.2, 0) is 6.54 Å². The third-order valence-corrected chi connectivity index (χ3v) is 2.36. The van der Waals surface area contributed by atoms with Gasteiger partial charge in [-0.25, -0.2) is 4.79 Å². The van der Waals surface area contributed by atoms with Crippen molar-refractivity contribution in [2.75, 3.05) is 0 Å². The van der Waals surface area contributed by atoms with Gasteiger partial charge in [0.1, 0.15) is 0 Å². The van der Waals surface area contributed by atoms with Crippen LogP contribution in [0, 0.1) is 0 Å². The highest BCUT2D eigenvalue weighted by Gasteiger charge is 2.05. The van der Waals surface area contributed by atoms with Gasteiger partial charge in [-0.05, 0) is 31.2 Å². The Hall–Kier alpha value is -1.77. The van der Waals surface area contributed by atoms with Gasteiger partial charge < -0.3 is 9.67 Å². The van der Waals surface area contributed by atoms with Crippen LogP contribution in [-0.4, -0.2) is 15.6 Å². The van der Waals surface area contributed by atoms with Gasteiger partial charge in [-0.2, -0.15) is 0 Å². The summed E-state index contributed by atoms with van der Waals surface area (Å²) in [4.78, 5) is 10.7. The Morgan fingerprint density at radius 2 is 2.21 bits per heavy atom. The van der Waals surface area contributed by atoms with Gasteiger partial charge in [-0.15, -0.1) is 0 Å². The normalized spacial score (nSPS) is 10.6. The standard InChI is InChI=1S/C11H11NO2/c1-2-12-6-5-8-7-9(11(13)14)3-4-10(8)12/h3-7H,2H2,1H3,(H,13,14). The first kappa shape index (κ1) is 8.81. The first-order valence-electron chi connectivity index (χ1n) is 4.54. The van der Waals surface area contributed by atoms with Crippen molar-refractivity contribution >= 4 is 16.9 Å². The molecular weight excluding hydrogens is 178 g/mol. The van der Waals surface area contributed by atoms with Crippen LogP contribution in [0.1, 0.15) is 17.3 Å². The van der Waals surface area contributed by atoms with Gasteiger partial charge in [-0.3, -0.25) is 0 Å². The van der Waals surface area contributed by atoms with Gasteiger partial charge in [0.05, 0.1) is 5.56 Å². The molecule has 3 nitrogen and oxygen atoms in total. The van der Waals surface area contributed by atoms with Crippen LogP contribution in [0.2, 0.25) is 0 Å². The minimum absolute atomic E-state index is 0.339. The van der Waals surface area contributed by atoms with Crippen LogP contribution in [0.3, 0.4) is 0 Å². The number of carbonyl (C=O) groups is 1. The van der Waals surface area contributed by atoms with E-state index in [0.29, 0.717) is 5.56 Å². The van der Waals surface area contributed by atoms with Gasteiger partial charge in [0.2, 0.25) is 0 Å². The molecule has 72 valence electrons. The molecule has 2 rings (SSSR count). The summed E-state index contributed by atoms with van der Waals surface area (Å²) in [5.41, 5.74) is 1.42. The third-order valence-electron chi connectivity index (χ3n) is 2.36. The van der Waals surface area contributed by atoms with Crippen molar-refractivity contribution in [1.29, 1.82) is 0 Å². The molecule has 0 aliphatic rings. The molecule has 1 aromatic heterocycles. The van der Waals surface area contributed by atoms with Crippen LogP contribution in [0.25, 0.3) is 10.9 Å². The second-order valence-corrected chi connectivity index (χ2v) is 3.18. The lowest BCUT2D eigenvalue weighted by Gasteiger charge is -2.00. The Labute approximate surface area is 81.6 Å². The molecule has 0 amide bonds. The number of nitrogens with zero attached hydrogens (tertiary/aromatic N) is 1. The van der Waals surface area contributed by atoms with Crippen LogP contribution in [0.4, 0.5) is 0 Å². The lowest BCUT2D eigenvalue weighted by Crippen LogP contribution is -1.96. The van der Waals surface area contributed by atoms with E-state index in [1.54, 1.807) is 12.1 Å². The molecule has 0 aliphatic heterocycles. The number of aromatic carboxylic acids is 1. The largest absolute Gasteiger partial charge is 0.478 e. The van der Waals surface area contributed by atoms with E-state index in [1.165, 1.54) is 0 Å². The Balaban J connectivity index is 2.63. The van der Waals surface area contributed by atoms with Crippen LogP contribution in [0.15, 0.2) is 30.5 Å². The molecule has 0 saturated heterocycles. The third kappa shape index (κ3) is 1.27. The quantitative estimate of drug-likeness (QED) is 0.787. The van der Waals surface area contributed by atoms with E-state index in [-0.39, 0.29) is 0 Å². The summed E-state index contributed by atoms with van der Waals surface area (Å²) >= 11 is 0. The van der Waals surface area contributed by atoms with Crippen molar-refractivity contribution in [3.63, 3.8) is 0 Å². The molecule has 1 heterocycles. The molecule has 3 heteroatoms. The van der Waals surface area contributed by atoms with Crippen molar-refractivity contribution < 1.29 is 9.90 Å². The molecule has 0 fully saturated rings. The highest BCUT2D eigenvalue weighted by molar-refractivity contribution is 5.93. The molecule has 1 N–H and O–H groups in total. The Morgan fingerprint density at radius 1 is 1.43 bits per heavy atom. The van der Waals surface area contributed by atoms with Crippen LogP contribution < -0.4 is 0 Å². The van der Waals surface area contributed by atoms with Gasteiger partial charge in [0.15, 0.2) is 0 Å². The fourth-order valence-corrected chi connectivity index (χ4v) is 1.61. The fraction of sp³-hybridized carbons (Fsp3) is 0.182. The zero-order chi connectivity index (χ0) is 10.1. The second-order valence-electron chi connectivity index (χ2n) is 3.18. The van der Waals surface area contributed by atoms with E-state index in [4.69, 9.17) is 5.11 Å². The molecular formula is C11H11NO2. The second kappa shape index (κ2) is 3.18. The Bertz CT molecular complexity index is 485. The number of aryl methyl sites for hydroxylation is 1. The van der Waals surface area contributed by atoms with Crippen molar-refractivity contribution in [2.45, 2.75) is 13.5 Å². The molecule has 1 aromatic carbocycles. The predicted molar refractivity (Wildman–Crippen MR) is 54.6 cm³/mol. The monoisotopic (exact) mass is 189 g/mol. The van der Waals surface area contributed by atoms with Crippen molar-refractivity contribution in [1.82, 2.24) is 4.57 Å². The lowest BCUT2D eigenvalue weighted by atomic mass is 10.1. The molecule has 0 spiro atoms. The highest BCUT2D eigenvalue weighted by atomic mass is 16.4. The average Bonchev–Trinajstić information content (AvgIpc) is 2.59. The topological polar surface area (TPSA) is 42.2 Å². The molecule has 0 saturated carbocycles. The minimum Gasteiger partial charge on any atom is -0.478 e. The highest BCUT2D eigenvalue weighted by Crippen LogP contribution is 2.17. The first-order valence-corrected chi connectivity index (χ1v) is 4.54. The SMILES string of the molecule is CCn1ccc2cc(C(=O)O)ccc21. The predicted octanol–water partition coefficient (Wildman–Crippen LogP) is 2.36. The van der Waals surface area contributed by atoms with E-state index in [0.717, 1.165) is 17.4 Å². The lowest BCUT2D eigenvalue weighted by molar-refractivity contribution is 0.0697. The van der Waals surface area contributed by atoms with E-state index in [9.17, 15) is 4.79 Å². The number of carboxylic acids is 1. The summed E-state index contributed by atoms with van der Waals surface area (Å²) in [6, 6.07) is 7.12. The number of carboxylic acid groups (broad SMARTS) is 1. The van der Waals surface area contributed by atoms with Gasteiger partial charge in [0.25, 0.3) is 0 Å². The molecule has 0 bridgehead atoms. The Kier molecular flexibility index (Phi) is 2.00. The van der Waals surface area contributed by atoms with Crippen LogP contribution >= 0.6 is 0 Å². The number of benzene rings is 1. The van der Waals surface area contributed by atoms with Crippen molar-refractivity contribution in [3.8, 4) is 0 Å². The Morgan fingerprint density at radius 3 is 2.86 bits per heavy atom. The number of rotatable bonds is 2.